The van der Waals surface area contributed by atoms with Crippen molar-refractivity contribution >= 4 is 24.5 Å². The van der Waals surface area contributed by atoms with Gasteiger partial charge in [-0.15, -0.1) is 0 Å². The van der Waals surface area contributed by atoms with Gasteiger partial charge >= 0.3 is 0 Å². The van der Waals surface area contributed by atoms with Crippen molar-refractivity contribution in [1.29, 1.82) is 0 Å². The highest BCUT2D eigenvalue weighted by atomic mass is 32.1. The van der Waals surface area contributed by atoms with Crippen LogP contribution in [0.15, 0.2) is 41.7 Å². The molecule has 3 rings (SSSR count). The van der Waals surface area contributed by atoms with Crippen LogP contribution in [-0.4, -0.2) is 27.1 Å². The summed E-state index contributed by atoms with van der Waals surface area (Å²) in [5.74, 6) is 1.54. The maximum Gasteiger partial charge on any atom is 0.156 e. The van der Waals surface area contributed by atoms with Crippen LogP contribution in [0, 0.1) is 0 Å². The molecule has 6 heteroatoms. The standard InChI is InChI=1S/C15H17N5S/c16-13-7-11(2-5-21)6-12(8-13)9-15(3-1-4-18-15)14-17-10-19-20-14/h1,3-4,6-8,10,21H,2,5,9,16H2,(H,17,19,20). The number of nitrogens with one attached hydrogen (secondary N) is 1. The number of nitrogens with zero attached hydrogens (tertiary/aromatic N) is 3. The topological polar surface area (TPSA) is 80.0 Å². The predicted molar refractivity (Wildman–Crippen MR) is 87.8 cm³/mol. The number of nitrogens with two attached hydrogens (primary N) is 1. The van der Waals surface area contributed by atoms with Gasteiger partial charge in [0.25, 0.3) is 0 Å². The number of aryl methyl sites for hydroxylation is 1. The molecule has 2 aromatic rings. The number of anilines is 1. The van der Waals surface area contributed by atoms with E-state index >= 15 is 0 Å². The fraction of sp³-hybridized carbons (Fsp3) is 0.267. The van der Waals surface area contributed by atoms with Crippen LogP contribution in [0.5, 0.6) is 0 Å². The zero-order valence-corrected chi connectivity index (χ0v) is 12.4. The number of H-pyrrole nitrogens is 1. The highest BCUT2D eigenvalue weighted by molar-refractivity contribution is 7.80. The molecule has 1 aromatic heterocycles. The molecule has 108 valence electrons. The summed E-state index contributed by atoms with van der Waals surface area (Å²) in [7, 11) is 0. The summed E-state index contributed by atoms with van der Waals surface area (Å²) in [6.45, 7) is 0. The van der Waals surface area contributed by atoms with Crippen molar-refractivity contribution in [3.05, 3.63) is 53.6 Å². The first-order valence-electron chi connectivity index (χ1n) is 6.80. The molecular weight excluding hydrogens is 282 g/mol. The third-order valence-corrected chi connectivity index (χ3v) is 3.76. The fourth-order valence-corrected chi connectivity index (χ4v) is 2.90. The number of aliphatic imine (C=N–C) groups is 1. The SMILES string of the molecule is Nc1cc(CCS)cc(CC2(c3ncn[nH]3)C=CC=N2)c1. The molecule has 0 saturated heterocycles. The van der Waals surface area contributed by atoms with Crippen LogP contribution in [0.2, 0.25) is 0 Å². The van der Waals surface area contributed by atoms with Crippen LogP contribution in [0.1, 0.15) is 17.0 Å². The summed E-state index contributed by atoms with van der Waals surface area (Å²) in [6.07, 6.45) is 8.86. The molecule has 0 saturated carbocycles. The second kappa shape index (κ2) is 5.73. The monoisotopic (exact) mass is 299 g/mol. The lowest BCUT2D eigenvalue weighted by Gasteiger charge is -2.22. The number of rotatable bonds is 5. The molecule has 1 aromatic carbocycles. The molecule has 5 nitrogen and oxygen atoms in total. The van der Waals surface area contributed by atoms with Crippen LogP contribution < -0.4 is 5.73 Å². The Morgan fingerprint density at radius 1 is 1.24 bits per heavy atom. The maximum atomic E-state index is 6.01. The van der Waals surface area contributed by atoms with E-state index in [1.54, 1.807) is 6.21 Å². The van der Waals surface area contributed by atoms with Crippen molar-refractivity contribution in [2.24, 2.45) is 4.99 Å². The van der Waals surface area contributed by atoms with Crippen LogP contribution >= 0.6 is 12.6 Å². The van der Waals surface area contributed by atoms with Gasteiger partial charge in [-0.05, 0) is 47.6 Å². The second-order valence-electron chi connectivity index (χ2n) is 5.13. The Bertz CT molecular complexity index is 663. The molecule has 1 aliphatic heterocycles. The summed E-state index contributed by atoms with van der Waals surface area (Å²) in [5, 5.41) is 6.86. The van der Waals surface area contributed by atoms with Gasteiger partial charge in [-0.1, -0.05) is 6.07 Å². The highest BCUT2D eigenvalue weighted by Crippen LogP contribution is 2.32. The first-order chi connectivity index (χ1) is 10.2. The first kappa shape index (κ1) is 13.9. The minimum atomic E-state index is -0.511. The van der Waals surface area contributed by atoms with Gasteiger partial charge in [0.1, 0.15) is 11.9 Å². The number of aromatic amines is 1. The van der Waals surface area contributed by atoms with E-state index in [1.807, 2.05) is 24.3 Å². The smallest absolute Gasteiger partial charge is 0.156 e. The zero-order chi connectivity index (χ0) is 14.7. The number of hydrogen-bond donors (Lipinski definition) is 3. The first-order valence-corrected chi connectivity index (χ1v) is 7.43. The van der Waals surface area contributed by atoms with Crippen molar-refractivity contribution in [3.8, 4) is 0 Å². The number of nitrogen functional groups attached to an aromatic ring is 1. The molecule has 0 aliphatic carbocycles. The van der Waals surface area contributed by atoms with E-state index < -0.39 is 5.54 Å². The Balaban J connectivity index is 1.94. The molecule has 0 amide bonds. The van der Waals surface area contributed by atoms with E-state index in [9.17, 15) is 0 Å². The molecule has 3 N–H and O–H groups in total. The average Bonchev–Trinajstić information content (AvgIpc) is 3.09. The summed E-state index contributed by atoms with van der Waals surface area (Å²) in [4.78, 5) is 8.86. The van der Waals surface area contributed by atoms with Crippen LogP contribution in [-0.2, 0) is 18.4 Å². The molecule has 0 spiro atoms. The average molecular weight is 299 g/mol. The Morgan fingerprint density at radius 2 is 2.10 bits per heavy atom. The van der Waals surface area contributed by atoms with Gasteiger partial charge in [-0.3, -0.25) is 10.1 Å². The van der Waals surface area contributed by atoms with Gasteiger partial charge in [0.15, 0.2) is 5.82 Å². The number of allylic oxidation sites excluding steroid dienone is 1. The van der Waals surface area contributed by atoms with Crippen molar-refractivity contribution in [2.45, 2.75) is 18.4 Å². The molecule has 0 bridgehead atoms. The van der Waals surface area contributed by atoms with Gasteiger partial charge in [-0.25, -0.2) is 4.98 Å². The zero-order valence-electron chi connectivity index (χ0n) is 11.5. The Morgan fingerprint density at radius 3 is 2.76 bits per heavy atom. The third-order valence-electron chi connectivity index (χ3n) is 3.54. The van der Waals surface area contributed by atoms with Gasteiger partial charge in [0.2, 0.25) is 0 Å². The largest absolute Gasteiger partial charge is 0.399 e. The van der Waals surface area contributed by atoms with Crippen molar-refractivity contribution in [1.82, 2.24) is 15.2 Å². The van der Waals surface area contributed by atoms with Crippen molar-refractivity contribution < 1.29 is 0 Å². The van der Waals surface area contributed by atoms with E-state index in [2.05, 4.69) is 38.9 Å². The van der Waals surface area contributed by atoms with Crippen LogP contribution in [0.25, 0.3) is 0 Å². The molecule has 1 unspecified atom stereocenters. The Labute approximate surface area is 128 Å². The molecule has 0 radical (unpaired) electrons. The molecular formula is C15H17N5S. The lowest BCUT2D eigenvalue weighted by Crippen LogP contribution is -2.24. The van der Waals surface area contributed by atoms with Crippen molar-refractivity contribution in [3.63, 3.8) is 0 Å². The number of benzene rings is 1. The fourth-order valence-electron chi connectivity index (χ4n) is 2.64. The predicted octanol–water partition coefficient (Wildman–Crippen LogP) is 1.94. The molecule has 21 heavy (non-hydrogen) atoms. The summed E-state index contributed by atoms with van der Waals surface area (Å²) in [6, 6.07) is 6.14. The quantitative estimate of drug-likeness (QED) is 0.583. The second-order valence-corrected chi connectivity index (χ2v) is 5.58. The lowest BCUT2D eigenvalue weighted by atomic mass is 9.90. The molecule has 1 aliphatic rings. The number of aromatic nitrogens is 3. The van der Waals surface area contributed by atoms with E-state index in [0.717, 1.165) is 29.2 Å². The molecule has 0 fully saturated rings. The van der Waals surface area contributed by atoms with Gasteiger partial charge in [0, 0.05) is 18.3 Å². The summed E-state index contributed by atoms with van der Waals surface area (Å²) < 4.78 is 0. The lowest BCUT2D eigenvalue weighted by molar-refractivity contribution is 0.535. The van der Waals surface area contributed by atoms with E-state index in [4.69, 9.17) is 5.73 Å². The summed E-state index contributed by atoms with van der Waals surface area (Å²) >= 11 is 4.28. The minimum Gasteiger partial charge on any atom is -0.399 e. The maximum absolute atomic E-state index is 6.01. The van der Waals surface area contributed by atoms with Crippen LogP contribution in [0.3, 0.4) is 0 Å². The third kappa shape index (κ3) is 2.85. The van der Waals surface area contributed by atoms with Gasteiger partial charge in [-0.2, -0.15) is 17.7 Å². The normalized spacial score (nSPS) is 20.2. The van der Waals surface area contributed by atoms with Gasteiger partial charge in [0.05, 0.1) is 0 Å². The minimum absolute atomic E-state index is 0.511. The Kier molecular flexibility index (Phi) is 3.79. The number of thiol groups is 1. The number of hydrogen-bond acceptors (Lipinski definition) is 5. The van der Waals surface area contributed by atoms with E-state index in [1.165, 1.54) is 11.9 Å². The Hall–Kier alpha value is -2.08. The van der Waals surface area contributed by atoms with Gasteiger partial charge < -0.3 is 5.73 Å². The van der Waals surface area contributed by atoms with Crippen LogP contribution in [0.4, 0.5) is 5.69 Å². The summed E-state index contributed by atoms with van der Waals surface area (Å²) in [5.41, 5.74) is 8.59. The molecule has 1 atom stereocenters. The highest BCUT2D eigenvalue weighted by Gasteiger charge is 2.33. The van der Waals surface area contributed by atoms with E-state index in [-0.39, 0.29) is 0 Å². The van der Waals surface area contributed by atoms with Crippen molar-refractivity contribution in [2.75, 3.05) is 11.5 Å². The molecule has 2 heterocycles. The van der Waals surface area contributed by atoms with E-state index in [0.29, 0.717) is 6.42 Å².